The zero-order valence-electron chi connectivity index (χ0n) is 54.1. The second-order valence-corrected chi connectivity index (χ2v) is 24.9. The molecule has 83 heavy (non-hydrogen) atoms. The molecule has 0 saturated carbocycles. The number of carbonyl (C=O) groups is 1. The Morgan fingerprint density at radius 1 is 0.422 bits per heavy atom. The third-order valence-electron chi connectivity index (χ3n) is 14.3. The number of quaternary nitrogens is 1. The Morgan fingerprint density at radius 3 is 1.11 bits per heavy atom. The van der Waals surface area contributed by atoms with Crippen molar-refractivity contribution in [2.75, 3.05) is 40.9 Å². The first-order valence-corrected chi connectivity index (χ1v) is 35.2. The van der Waals surface area contributed by atoms with Crippen LogP contribution in [0.2, 0.25) is 0 Å². The van der Waals surface area contributed by atoms with Gasteiger partial charge in [-0.1, -0.05) is 288 Å². The Balaban J connectivity index is 4.30. The number of nitrogens with one attached hydrogen (secondary N) is 1. The molecule has 0 bridgehead atoms. The average molecular weight is 1170 g/mol. The summed E-state index contributed by atoms with van der Waals surface area (Å²) in [5.74, 6) is -0.227. The SMILES string of the molecule is CC/C=C\C/C=C\C/C=C\C/C=C\C/C=C\C/C=C\C/C=C\C/C=C\C/C=C\CCCCCC(=O)NC(COP(=O)(O)OCC[N+](C)(C)C)C(O)/C=C/CC/C=C/CC/C=C/CCCCCCCCCCCCCCCCCCCCCC. The van der Waals surface area contributed by atoms with Gasteiger partial charge in [0.05, 0.1) is 39.9 Å². The molecule has 3 atom stereocenters. The number of aliphatic hydroxyl groups is 1. The molecule has 0 aromatic carbocycles. The standard InChI is InChI=1S/C74H127N2O6P/c1-6-8-10-12-14-16-18-20-22-24-26-28-30-32-34-36-38-40-42-44-46-48-50-52-54-56-58-60-62-64-66-68-74(78)75-72(71-82-83(79,80)81-70-69-76(3,4)5)73(77)67-65-63-61-59-57-55-53-51-49-47-45-43-41-39-37-35-33-31-29-27-25-23-21-19-17-15-13-11-9-7-2/h8,10,14,16,20,22,26,28,32,34,38,40,44,46,49-52,56-59,65,67,72-73,77H,6-7,9,11-13,15,17-19,21,23-25,27,29-31,33,35-37,39,41-43,45,47-48,53-55,60-64,66,68-71H2,1-5H3,(H-,75,78,79,80)/p+1/b10-8-,16-14-,22-20-,28-26-,34-32-,40-38-,46-44-,51-49+,52-50-,58-56-,59-57+,67-65+. The lowest BCUT2D eigenvalue weighted by atomic mass is 10.0. The minimum absolute atomic E-state index is 0.0383. The summed E-state index contributed by atoms with van der Waals surface area (Å²) >= 11 is 0. The Morgan fingerprint density at radius 2 is 0.735 bits per heavy atom. The molecule has 0 aliphatic rings. The van der Waals surface area contributed by atoms with Crippen LogP contribution >= 0.6 is 7.82 Å². The molecule has 474 valence electrons. The predicted octanol–water partition coefficient (Wildman–Crippen LogP) is 21.6. The van der Waals surface area contributed by atoms with Crippen molar-refractivity contribution in [3.63, 3.8) is 0 Å². The molecule has 0 rings (SSSR count). The van der Waals surface area contributed by atoms with Gasteiger partial charge in [0.1, 0.15) is 13.2 Å². The van der Waals surface area contributed by atoms with Crippen LogP contribution in [0.5, 0.6) is 0 Å². The molecule has 0 aliphatic carbocycles. The summed E-state index contributed by atoms with van der Waals surface area (Å²) < 4.78 is 23.7. The first-order valence-electron chi connectivity index (χ1n) is 33.7. The molecule has 0 radical (unpaired) electrons. The van der Waals surface area contributed by atoms with Crippen LogP contribution < -0.4 is 5.32 Å². The molecule has 0 fully saturated rings. The van der Waals surface area contributed by atoms with Gasteiger partial charge in [0.15, 0.2) is 0 Å². The quantitative estimate of drug-likeness (QED) is 0.0243. The summed E-state index contributed by atoms with van der Waals surface area (Å²) in [5.41, 5.74) is 0. The van der Waals surface area contributed by atoms with Gasteiger partial charge in [-0.15, -0.1) is 0 Å². The fourth-order valence-corrected chi connectivity index (χ4v) is 9.80. The summed E-state index contributed by atoms with van der Waals surface area (Å²) in [6.45, 7) is 4.65. The van der Waals surface area contributed by atoms with Gasteiger partial charge < -0.3 is 19.8 Å². The van der Waals surface area contributed by atoms with Crippen LogP contribution in [-0.2, 0) is 18.4 Å². The first kappa shape index (κ1) is 79.4. The highest BCUT2D eigenvalue weighted by Crippen LogP contribution is 2.43. The number of hydrogen-bond acceptors (Lipinski definition) is 5. The van der Waals surface area contributed by atoms with Crippen molar-refractivity contribution in [1.29, 1.82) is 0 Å². The van der Waals surface area contributed by atoms with Gasteiger partial charge in [0.2, 0.25) is 5.91 Å². The number of amides is 1. The number of allylic oxidation sites excluding steroid dienone is 23. The minimum atomic E-state index is -4.39. The van der Waals surface area contributed by atoms with Gasteiger partial charge in [0.25, 0.3) is 0 Å². The molecule has 0 aromatic heterocycles. The second-order valence-electron chi connectivity index (χ2n) is 23.4. The Labute approximate surface area is 512 Å². The van der Waals surface area contributed by atoms with Crippen molar-refractivity contribution in [2.24, 2.45) is 0 Å². The molecule has 0 saturated heterocycles. The molecule has 0 aliphatic heterocycles. The summed E-state index contributed by atoms with van der Waals surface area (Å²) in [4.78, 5) is 23.4. The third kappa shape index (κ3) is 65.8. The van der Waals surface area contributed by atoms with Crippen LogP contribution in [0.4, 0.5) is 0 Å². The van der Waals surface area contributed by atoms with E-state index in [-0.39, 0.29) is 19.1 Å². The maximum Gasteiger partial charge on any atom is 0.472 e. The molecule has 3 unspecified atom stereocenters. The summed E-state index contributed by atoms with van der Waals surface area (Å²) in [6, 6.07) is -0.902. The zero-order chi connectivity index (χ0) is 60.5. The number of phosphoric acid groups is 1. The largest absolute Gasteiger partial charge is 0.472 e. The molecule has 8 nitrogen and oxygen atoms in total. The van der Waals surface area contributed by atoms with E-state index in [1.54, 1.807) is 6.08 Å². The van der Waals surface area contributed by atoms with Gasteiger partial charge in [-0.3, -0.25) is 13.8 Å². The topological polar surface area (TPSA) is 105 Å². The fourth-order valence-electron chi connectivity index (χ4n) is 9.07. The highest BCUT2D eigenvalue weighted by molar-refractivity contribution is 7.47. The summed E-state index contributed by atoms with van der Waals surface area (Å²) in [6.07, 6.45) is 97.1. The number of unbranched alkanes of at least 4 members (excludes halogenated alkanes) is 25. The number of rotatable bonds is 60. The molecule has 1 amide bonds. The van der Waals surface area contributed by atoms with Crippen molar-refractivity contribution in [3.8, 4) is 0 Å². The van der Waals surface area contributed by atoms with Crippen molar-refractivity contribution >= 4 is 13.7 Å². The number of aliphatic hydroxyl groups excluding tert-OH is 1. The lowest BCUT2D eigenvalue weighted by molar-refractivity contribution is -0.870. The van der Waals surface area contributed by atoms with Crippen LogP contribution in [0.25, 0.3) is 0 Å². The van der Waals surface area contributed by atoms with E-state index >= 15 is 0 Å². The fraction of sp³-hybridized carbons (Fsp3) is 0.662. The summed E-state index contributed by atoms with van der Waals surface area (Å²) in [5, 5.41) is 13.9. The van der Waals surface area contributed by atoms with Crippen LogP contribution in [0, 0.1) is 0 Å². The van der Waals surface area contributed by atoms with Crippen LogP contribution in [0.15, 0.2) is 146 Å². The number of likely N-dealkylation sites (N-methyl/N-ethyl adjacent to an activating group) is 1. The van der Waals surface area contributed by atoms with E-state index in [9.17, 15) is 19.4 Å². The number of nitrogens with zero attached hydrogens (tertiary/aromatic N) is 1. The molecule has 0 spiro atoms. The molecular formula is C74H128N2O6P+. The van der Waals surface area contributed by atoms with Crippen molar-refractivity contribution in [2.45, 2.75) is 276 Å². The molecule has 0 heterocycles. The van der Waals surface area contributed by atoms with Crippen LogP contribution in [0.3, 0.4) is 0 Å². The molecule has 3 N–H and O–H groups in total. The lowest BCUT2D eigenvalue weighted by Gasteiger charge is -2.25. The van der Waals surface area contributed by atoms with E-state index in [0.29, 0.717) is 23.9 Å². The van der Waals surface area contributed by atoms with E-state index in [1.165, 1.54) is 135 Å². The molecular weight excluding hydrogens is 1040 g/mol. The maximum absolute atomic E-state index is 13.0. The highest BCUT2D eigenvalue weighted by atomic mass is 31.2. The van der Waals surface area contributed by atoms with E-state index in [2.05, 4.69) is 153 Å². The van der Waals surface area contributed by atoms with Gasteiger partial charge in [-0.05, 0) is 116 Å². The van der Waals surface area contributed by atoms with Gasteiger partial charge >= 0.3 is 7.82 Å². The average Bonchev–Trinajstić information content (AvgIpc) is 3.49. The Kier molecular flexibility index (Phi) is 60.2. The normalized spacial score (nSPS) is 14.6. The smallest absolute Gasteiger partial charge is 0.387 e. The van der Waals surface area contributed by atoms with Gasteiger partial charge in [0, 0.05) is 6.42 Å². The summed E-state index contributed by atoms with van der Waals surface area (Å²) in [7, 11) is 1.50. The van der Waals surface area contributed by atoms with Crippen molar-refractivity contribution in [3.05, 3.63) is 146 Å². The Bertz CT molecular complexity index is 1860. The van der Waals surface area contributed by atoms with Gasteiger partial charge in [-0.25, -0.2) is 4.57 Å². The number of hydrogen-bond donors (Lipinski definition) is 3. The van der Waals surface area contributed by atoms with E-state index in [1.807, 2.05) is 27.2 Å². The van der Waals surface area contributed by atoms with Crippen LogP contribution in [0.1, 0.15) is 264 Å². The van der Waals surface area contributed by atoms with Crippen molar-refractivity contribution in [1.82, 2.24) is 5.32 Å². The van der Waals surface area contributed by atoms with E-state index in [4.69, 9.17) is 9.05 Å². The number of carbonyl (C=O) groups excluding carboxylic acids is 1. The maximum atomic E-state index is 13.0. The van der Waals surface area contributed by atoms with E-state index < -0.39 is 20.0 Å². The molecule has 0 aromatic rings. The van der Waals surface area contributed by atoms with E-state index in [0.717, 1.165) is 103 Å². The monoisotopic (exact) mass is 1170 g/mol. The highest BCUT2D eigenvalue weighted by Gasteiger charge is 2.27. The third-order valence-corrected chi connectivity index (χ3v) is 15.3. The first-order chi connectivity index (χ1) is 40.5. The van der Waals surface area contributed by atoms with Gasteiger partial charge in [-0.2, -0.15) is 0 Å². The predicted molar refractivity (Wildman–Crippen MR) is 364 cm³/mol. The molecule has 9 heteroatoms. The van der Waals surface area contributed by atoms with Crippen LogP contribution in [-0.4, -0.2) is 73.4 Å². The minimum Gasteiger partial charge on any atom is -0.387 e. The number of phosphoric ester groups is 1. The zero-order valence-corrected chi connectivity index (χ0v) is 55.0. The second kappa shape index (κ2) is 62.9. The lowest BCUT2D eigenvalue weighted by Crippen LogP contribution is -2.45. The Hall–Kier alpha value is -3.62. The van der Waals surface area contributed by atoms with Crippen molar-refractivity contribution < 1.29 is 32.9 Å².